The van der Waals surface area contributed by atoms with Crippen LogP contribution in [0.25, 0.3) is 22.6 Å². The molecular formula is C25H33N5O4. The number of rotatable bonds is 9. The molecule has 2 aliphatic heterocycles. The van der Waals surface area contributed by atoms with Crippen LogP contribution in [0.2, 0.25) is 0 Å². The number of ether oxygens (including phenoxy) is 1. The van der Waals surface area contributed by atoms with E-state index in [1.807, 2.05) is 44.4 Å². The molecule has 1 saturated carbocycles. The lowest BCUT2D eigenvalue weighted by Crippen LogP contribution is -2.29. The number of nitrogens with one attached hydrogen (secondary N) is 2. The van der Waals surface area contributed by atoms with E-state index in [0.717, 1.165) is 55.3 Å². The number of esters is 1. The average molecular weight is 468 g/mol. The predicted molar refractivity (Wildman–Crippen MR) is 131 cm³/mol. The topological polar surface area (TPSA) is 119 Å². The van der Waals surface area contributed by atoms with Crippen molar-refractivity contribution in [3.63, 3.8) is 0 Å². The SMILES string of the molecule is Cc1cc2nc3c(=O)[nH]c(=O)nc-3n(CCCCCCC(=O)OC(C)(C)C)c2cc1NC1CC1. The number of aromatic nitrogens is 4. The molecule has 0 radical (unpaired) electrons. The molecule has 3 aliphatic rings. The van der Waals surface area contributed by atoms with Crippen LogP contribution in [-0.2, 0) is 16.1 Å². The van der Waals surface area contributed by atoms with Crippen LogP contribution in [-0.4, -0.2) is 37.1 Å². The van der Waals surface area contributed by atoms with Crippen LogP contribution >= 0.6 is 0 Å². The maximum absolute atomic E-state index is 12.5. The van der Waals surface area contributed by atoms with E-state index in [-0.39, 0.29) is 11.7 Å². The van der Waals surface area contributed by atoms with Crippen molar-refractivity contribution in [2.45, 2.75) is 90.8 Å². The lowest BCUT2D eigenvalue weighted by molar-refractivity contribution is -0.154. The smallest absolute Gasteiger partial charge is 0.349 e. The number of carbonyl (C=O) groups is 1. The van der Waals surface area contributed by atoms with Gasteiger partial charge < -0.3 is 14.6 Å². The summed E-state index contributed by atoms with van der Waals surface area (Å²) in [6, 6.07) is 4.52. The van der Waals surface area contributed by atoms with E-state index in [1.54, 1.807) is 0 Å². The number of unbranched alkanes of at least 4 members (excludes halogenated alkanes) is 3. The summed E-state index contributed by atoms with van der Waals surface area (Å²) in [5.74, 6) is 0.127. The highest BCUT2D eigenvalue weighted by molar-refractivity contribution is 5.84. The highest BCUT2D eigenvalue weighted by Gasteiger charge is 2.23. The highest BCUT2D eigenvalue weighted by Crippen LogP contribution is 2.31. The van der Waals surface area contributed by atoms with Gasteiger partial charge >= 0.3 is 11.7 Å². The third-order valence-electron chi connectivity index (χ3n) is 5.82. The Hall–Kier alpha value is -3.23. The summed E-state index contributed by atoms with van der Waals surface area (Å²) in [6.45, 7) is 8.21. The summed E-state index contributed by atoms with van der Waals surface area (Å²) in [7, 11) is 0. The van der Waals surface area contributed by atoms with Crippen LogP contribution in [0, 0.1) is 6.92 Å². The standard InChI is InChI=1S/C25H33N5O4/c1-15-13-18-19(14-17(15)26-16-10-11-16)30(22-21(27-18)23(32)29-24(33)28-22)12-8-6-5-7-9-20(31)34-25(2,3)4/h13-14,16,26H,5-12H2,1-4H3,(H,29,32,33). The van der Waals surface area contributed by atoms with E-state index >= 15 is 0 Å². The van der Waals surface area contributed by atoms with E-state index in [2.05, 4.69) is 20.3 Å². The number of aromatic amines is 1. The minimum absolute atomic E-state index is 0.166. The Morgan fingerprint density at radius 2 is 1.88 bits per heavy atom. The number of hydrogen-bond donors (Lipinski definition) is 2. The van der Waals surface area contributed by atoms with Crippen LogP contribution in [0.1, 0.15) is 71.3 Å². The molecule has 0 bridgehead atoms. The maximum Gasteiger partial charge on any atom is 0.349 e. The van der Waals surface area contributed by atoms with Crippen molar-refractivity contribution in [3.05, 3.63) is 38.5 Å². The third kappa shape index (κ3) is 5.81. The monoisotopic (exact) mass is 467 g/mol. The first-order valence-electron chi connectivity index (χ1n) is 12.0. The number of fused-ring (bicyclic) bond motifs is 2. The highest BCUT2D eigenvalue weighted by atomic mass is 16.6. The molecule has 9 heteroatoms. The van der Waals surface area contributed by atoms with E-state index in [1.165, 1.54) is 0 Å². The summed E-state index contributed by atoms with van der Waals surface area (Å²) < 4.78 is 7.29. The number of hydrogen-bond acceptors (Lipinski definition) is 7. The van der Waals surface area contributed by atoms with Gasteiger partial charge in [-0.05, 0) is 71.1 Å². The van der Waals surface area contributed by atoms with Gasteiger partial charge in [0.15, 0.2) is 11.5 Å². The maximum atomic E-state index is 12.5. The fourth-order valence-corrected chi connectivity index (χ4v) is 4.06. The molecular weight excluding hydrogens is 434 g/mol. The fraction of sp³-hybridized carbons (Fsp3) is 0.560. The molecule has 182 valence electrons. The zero-order chi connectivity index (χ0) is 24.5. The molecule has 4 rings (SSSR count). The first-order chi connectivity index (χ1) is 16.1. The molecule has 2 heterocycles. The minimum Gasteiger partial charge on any atom is -0.460 e. The molecule has 1 aliphatic carbocycles. The van der Waals surface area contributed by atoms with Gasteiger partial charge in [0.05, 0.1) is 11.0 Å². The molecule has 34 heavy (non-hydrogen) atoms. The second-order valence-corrected chi connectivity index (χ2v) is 10.1. The molecule has 1 aromatic carbocycles. The molecule has 0 amide bonds. The minimum atomic E-state index is -0.673. The van der Waals surface area contributed by atoms with Crippen LogP contribution in [0.15, 0.2) is 21.7 Å². The molecule has 0 atom stereocenters. The molecule has 0 saturated heterocycles. The van der Waals surface area contributed by atoms with Gasteiger partial charge in [-0.1, -0.05) is 12.8 Å². The largest absolute Gasteiger partial charge is 0.460 e. The Bertz CT molecular complexity index is 1280. The van der Waals surface area contributed by atoms with Gasteiger partial charge in [-0.2, -0.15) is 4.98 Å². The summed E-state index contributed by atoms with van der Waals surface area (Å²) >= 11 is 0. The molecule has 1 fully saturated rings. The van der Waals surface area contributed by atoms with E-state index in [0.29, 0.717) is 30.3 Å². The summed E-state index contributed by atoms with van der Waals surface area (Å²) in [5.41, 5.74) is 2.14. The van der Waals surface area contributed by atoms with Crippen molar-refractivity contribution in [2.24, 2.45) is 0 Å². The first kappa shape index (κ1) is 23.9. The Morgan fingerprint density at radius 1 is 1.15 bits per heavy atom. The zero-order valence-corrected chi connectivity index (χ0v) is 20.4. The number of aryl methyl sites for hydroxylation is 2. The Balaban J connectivity index is 1.53. The zero-order valence-electron chi connectivity index (χ0n) is 20.4. The molecule has 0 unspecified atom stereocenters. The van der Waals surface area contributed by atoms with Gasteiger partial charge in [0.2, 0.25) is 0 Å². The van der Waals surface area contributed by atoms with Gasteiger partial charge in [0.1, 0.15) is 5.60 Å². The third-order valence-corrected chi connectivity index (χ3v) is 5.82. The number of H-pyrrole nitrogens is 1. The molecule has 0 aromatic heterocycles. The van der Waals surface area contributed by atoms with Gasteiger partial charge in [0.25, 0.3) is 5.56 Å². The second kappa shape index (κ2) is 9.56. The van der Waals surface area contributed by atoms with Crippen molar-refractivity contribution < 1.29 is 9.53 Å². The van der Waals surface area contributed by atoms with Crippen LogP contribution in [0.3, 0.4) is 0 Å². The lowest BCUT2D eigenvalue weighted by atomic mass is 10.1. The van der Waals surface area contributed by atoms with Crippen molar-refractivity contribution in [3.8, 4) is 11.5 Å². The normalized spacial score (nSPS) is 14.0. The average Bonchev–Trinajstić information content (AvgIpc) is 3.54. The predicted octanol–water partition coefficient (Wildman–Crippen LogP) is 3.76. The summed E-state index contributed by atoms with van der Waals surface area (Å²) in [4.78, 5) is 47.2. The number of benzene rings is 1. The number of anilines is 1. The Morgan fingerprint density at radius 3 is 2.59 bits per heavy atom. The van der Waals surface area contributed by atoms with E-state index < -0.39 is 16.9 Å². The first-order valence-corrected chi connectivity index (χ1v) is 12.0. The van der Waals surface area contributed by atoms with E-state index in [4.69, 9.17) is 4.74 Å². The van der Waals surface area contributed by atoms with Gasteiger partial charge in [0, 0.05) is 24.7 Å². The van der Waals surface area contributed by atoms with Gasteiger partial charge in [-0.15, -0.1) is 0 Å². The molecule has 0 spiro atoms. The Kier molecular flexibility index (Phi) is 6.72. The van der Waals surface area contributed by atoms with Gasteiger partial charge in [-0.25, -0.2) is 9.78 Å². The molecule has 2 N–H and O–H groups in total. The summed E-state index contributed by atoms with van der Waals surface area (Å²) in [6.07, 6.45) is 6.07. The van der Waals surface area contributed by atoms with Crippen molar-refractivity contribution >= 4 is 22.7 Å². The number of nitrogens with zero attached hydrogens (tertiary/aromatic N) is 3. The van der Waals surface area contributed by atoms with E-state index in [9.17, 15) is 14.4 Å². The van der Waals surface area contributed by atoms with Crippen molar-refractivity contribution in [2.75, 3.05) is 5.32 Å². The van der Waals surface area contributed by atoms with Crippen LogP contribution in [0.5, 0.6) is 0 Å². The van der Waals surface area contributed by atoms with Crippen LogP contribution < -0.4 is 16.6 Å². The second-order valence-electron chi connectivity index (χ2n) is 10.1. The molecule has 1 aromatic rings. The van der Waals surface area contributed by atoms with Crippen LogP contribution in [0.4, 0.5) is 5.69 Å². The fourth-order valence-electron chi connectivity index (χ4n) is 4.06. The lowest BCUT2D eigenvalue weighted by Gasteiger charge is -2.19. The van der Waals surface area contributed by atoms with Crippen molar-refractivity contribution in [1.82, 2.24) is 19.5 Å². The van der Waals surface area contributed by atoms with Crippen molar-refractivity contribution in [1.29, 1.82) is 0 Å². The number of carbonyl (C=O) groups excluding carboxylic acids is 1. The quantitative estimate of drug-likeness (QED) is 0.279. The summed E-state index contributed by atoms with van der Waals surface area (Å²) in [5, 5.41) is 3.55. The Labute approximate surface area is 198 Å². The van der Waals surface area contributed by atoms with Gasteiger partial charge in [-0.3, -0.25) is 14.6 Å². The molecule has 9 nitrogen and oxygen atoms in total.